The van der Waals surface area contributed by atoms with E-state index in [1.807, 2.05) is 0 Å². The van der Waals surface area contributed by atoms with Crippen molar-refractivity contribution in [3.8, 4) is 0 Å². The summed E-state index contributed by atoms with van der Waals surface area (Å²) in [5.74, 6) is -1.12. The fourth-order valence-electron chi connectivity index (χ4n) is 1.43. The molecule has 1 aromatic carbocycles. The minimum Gasteiger partial charge on any atom is -0.481 e. The average molecular weight is 292 g/mol. The van der Waals surface area contributed by atoms with E-state index in [4.69, 9.17) is 5.11 Å². The van der Waals surface area contributed by atoms with Crippen LogP contribution in [0.2, 0.25) is 0 Å². The van der Waals surface area contributed by atoms with Crippen LogP contribution in [-0.4, -0.2) is 40.4 Å². The van der Waals surface area contributed by atoms with Gasteiger partial charge in [0.15, 0.2) is 19.7 Å². The topological polar surface area (TPSA) is 106 Å². The minimum atomic E-state index is -3.75. The Morgan fingerprint density at radius 2 is 1.56 bits per heavy atom. The van der Waals surface area contributed by atoms with Gasteiger partial charge in [0.05, 0.1) is 16.2 Å². The van der Waals surface area contributed by atoms with Crippen molar-refractivity contribution < 1.29 is 26.7 Å². The lowest BCUT2D eigenvalue weighted by molar-refractivity contribution is -0.136. The molecule has 8 heteroatoms. The first-order valence-electron chi connectivity index (χ1n) is 4.76. The van der Waals surface area contributed by atoms with E-state index in [9.17, 15) is 21.6 Å². The van der Waals surface area contributed by atoms with Crippen LogP contribution in [0.4, 0.5) is 0 Å². The van der Waals surface area contributed by atoms with Crippen LogP contribution in [-0.2, 0) is 30.9 Å². The Bertz CT molecular complexity index is 685. The Balaban J connectivity index is 3.55. The third-order valence-corrected chi connectivity index (χ3v) is 4.58. The number of aliphatic carboxylic acids is 1. The highest BCUT2D eigenvalue weighted by atomic mass is 32.2. The van der Waals surface area contributed by atoms with E-state index in [1.54, 1.807) is 0 Å². The predicted octanol–water partition coefficient (Wildman–Crippen LogP) is 0.121. The van der Waals surface area contributed by atoms with Gasteiger partial charge in [-0.1, -0.05) is 6.07 Å². The predicted molar refractivity (Wildman–Crippen MR) is 64.0 cm³/mol. The summed E-state index contributed by atoms with van der Waals surface area (Å²) in [5, 5.41) is 8.62. The molecule has 1 rings (SSSR count). The third kappa shape index (κ3) is 3.54. The molecule has 0 atom stereocenters. The van der Waals surface area contributed by atoms with Crippen molar-refractivity contribution in [2.75, 3.05) is 12.5 Å². The molecule has 6 nitrogen and oxygen atoms in total. The number of carbonyl (C=O) groups is 1. The monoisotopic (exact) mass is 292 g/mol. The van der Waals surface area contributed by atoms with Gasteiger partial charge in [-0.05, 0) is 17.7 Å². The van der Waals surface area contributed by atoms with Crippen molar-refractivity contribution in [3.63, 3.8) is 0 Å². The summed E-state index contributed by atoms with van der Waals surface area (Å²) in [5.41, 5.74) is 0.232. The summed E-state index contributed by atoms with van der Waals surface area (Å²) in [4.78, 5) is 9.85. The molecule has 18 heavy (non-hydrogen) atoms. The van der Waals surface area contributed by atoms with Crippen LogP contribution < -0.4 is 0 Å². The van der Waals surface area contributed by atoms with Gasteiger partial charge in [-0.15, -0.1) is 0 Å². The van der Waals surface area contributed by atoms with E-state index in [0.29, 0.717) is 0 Å². The molecule has 0 amide bonds. The maximum atomic E-state index is 11.5. The lowest BCUT2D eigenvalue weighted by Crippen LogP contribution is -2.09. The van der Waals surface area contributed by atoms with E-state index in [2.05, 4.69) is 0 Å². The van der Waals surface area contributed by atoms with E-state index >= 15 is 0 Å². The Kier molecular flexibility index (Phi) is 3.82. The Morgan fingerprint density at radius 3 is 1.94 bits per heavy atom. The van der Waals surface area contributed by atoms with Crippen LogP contribution in [0, 0.1) is 0 Å². The standard InChI is InChI=1S/C10H12O6S2/c1-17(13,14)8-4-3-7(6-10(11)12)5-9(8)18(2,15)16/h3-5H,6H2,1-2H3,(H,11,12). The molecule has 0 unspecified atom stereocenters. The molecule has 0 aliphatic heterocycles. The van der Waals surface area contributed by atoms with E-state index in [1.165, 1.54) is 6.07 Å². The van der Waals surface area contributed by atoms with Gasteiger partial charge in [0, 0.05) is 12.5 Å². The summed E-state index contributed by atoms with van der Waals surface area (Å²) in [6, 6.07) is 3.49. The fraction of sp³-hybridized carbons (Fsp3) is 0.300. The number of hydrogen-bond donors (Lipinski definition) is 1. The number of carboxylic acid groups (broad SMARTS) is 1. The van der Waals surface area contributed by atoms with Crippen LogP contribution in [0.5, 0.6) is 0 Å². The van der Waals surface area contributed by atoms with Gasteiger partial charge < -0.3 is 5.11 Å². The summed E-state index contributed by atoms with van der Waals surface area (Å²) in [6.45, 7) is 0. The molecule has 0 aromatic heterocycles. The Hall–Kier alpha value is -1.41. The van der Waals surface area contributed by atoms with E-state index < -0.39 is 25.6 Å². The summed E-state index contributed by atoms with van der Waals surface area (Å²) < 4.78 is 46.0. The molecular weight excluding hydrogens is 280 g/mol. The minimum absolute atomic E-state index is 0.232. The van der Waals surface area contributed by atoms with Gasteiger partial charge in [-0.2, -0.15) is 0 Å². The quantitative estimate of drug-likeness (QED) is 0.845. The first-order chi connectivity index (χ1) is 8.01. The zero-order chi connectivity index (χ0) is 14.1. The molecule has 0 bridgehead atoms. The number of hydrogen-bond acceptors (Lipinski definition) is 5. The van der Waals surface area contributed by atoms with Crippen molar-refractivity contribution in [1.82, 2.24) is 0 Å². The van der Waals surface area contributed by atoms with Crippen LogP contribution in [0.1, 0.15) is 5.56 Å². The highest BCUT2D eigenvalue weighted by molar-refractivity contribution is 7.93. The normalized spacial score (nSPS) is 12.3. The smallest absolute Gasteiger partial charge is 0.307 e. The largest absolute Gasteiger partial charge is 0.481 e. The molecule has 1 aromatic rings. The Labute approximate surface area is 105 Å². The number of rotatable bonds is 4. The number of benzene rings is 1. The molecule has 0 spiro atoms. The molecule has 0 saturated carbocycles. The maximum absolute atomic E-state index is 11.5. The Morgan fingerprint density at radius 1 is 1.06 bits per heavy atom. The van der Waals surface area contributed by atoms with Crippen LogP contribution >= 0.6 is 0 Å². The zero-order valence-electron chi connectivity index (χ0n) is 9.74. The first kappa shape index (κ1) is 14.7. The van der Waals surface area contributed by atoms with Gasteiger partial charge >= 0.3 is 5.97 Å². The number of carboxylic acids is 1. The maximum Gasteiger partial charge on any atom is 0.307 e. The van der Waals surface area contributed by atoms with Crippen LogP contribution in [0.3, 0.4) is 0 Å². The molecular formula is C10H12O6S2. The fourth-order valence-corrected chi connectivity index (χ4v) is 3.88. The van der Waals surface area contributed by atoms with Crippen LogP contribution in [0.15, 0.2) is 28.0 Å². The highest BCUT2D eigenvalue weighted by Gasteiger charge is 2.21. The van der Waals surface area contributed by atoms with Gasteiger partial charge in [0.2, 0.25) is 0 Å². The SMILES string of the molecule is CS(=O)(=O)c1ccc(CC(=O)O)cc1S(C)(=O)=O. The van der Waals surface area contributed by atoms with Crippen molar-refractivity contribution in [2.24, 2.45) is 0 Å². The van der Waals surface area contributed by atoms with E-state index in [-0.39, 0.29) is 21.8 Å². The number of sulfone groups is 2. The second-order valence-electron chi connectivity index (χ2n) is 3.90. The van der Waals surface area contributed by atoms with Crippen molar-refractivity contribution >= 4 is 25.6 Å². The van der Waals surface area contributed by atoms with Gasteiger partial charge in [0.25, 0.3) is 0 Å². The zero-order valence-corrected chi connectivity index (χ0v) is 11.4. The van der Waals surface area contributed by atoms with Crippen molar-refractivity contribution in [1.29, 1.82) is 0 Å². The van der Waals surface area contributed by atoms with Crippen molar-refractivity contribution in [2.45, 2.75) is 16.2 Å². The molecule has 0 radical (unpaired) electrons. The van der Waals surface area contributed by atoms with Crippen LogP contribution in [0.25, 0.3) is 0 Å². The summed E-state index contributed by atoms with van der Waals surface area (Å²) >= 11 is 0. The second kappa shape index (κ2) is 4.69. The molecule has 100 valence electrons. The molecule has 1 N–H and O–H groups in total. The molecule has 0 fully saturated rings. The third-order valence-electron chi connectivity index (χ3n) is 2.16. The van der Waals surface area contributed by atoms with E-state index in [0.717, 1.165) is 24.6 Å². The molecule has 0 saturated heterocycles. The molecule has 0 aliphatic rings. The highest BCUT2D eigenvalue weighted by Crippen LogP contribution is 2.22. The summed E-state index contributed by atoms with van der Waals surface area (Å²) in [7, 11) is -7.44. The molecule has 0 aliphatic carbocycles. The van der Waals surface area contributed by atoms with Crippen molar-refractivity contribution in [3.05, 3.63) is 23.8 Å². The van der Waals surface area contributed by atoms with Gasteiger partial charge in [0.1, 0.15) is 0 Å². The average Bonchev–Trinajstić information content (AvgIpc) is 2.13. The second-order valence-corrected chi connectivity index (χ2v) is 7.86. The first-order valence-corrected chi connectivity index (χ1v) is 8.55. The lowest BCUT2D eigenvalue weighted by Gasteiger charge is -2.08. The lowest BCUT2D eigenvalue weighted by atomic mass is 10.1. The van der Waals surface area contributed by atoms with Gasteiger partial charge in [-0.25, -0.2) is 16.8 Å². The summed E-state index contributed by atoms with van der Waals surface area (Å²) in [6.07, 6.45) is 1.40. The van der Waals surface area contributed by atoms with Gasteiger partial charge in [-0.3, -0.25) is 4.79 Å². The molecule has 0 heterocycles.